The van der Waals surface area contributed by atoms with Gasteiger partial charge in [-0.3, -0.25) is 0 Å². The molecular formula is C15H19NO2S. The standard InChI is InChI=1S/C15H19NO2S/c1-3-16-15(11-19(2,17)18)14-9-8-12-6-4-5-7-13(12)10-14/h4-10,15-16H,3,11H2,1-2H3. The summed E-state index contributed by atoms with van der Waals surface area (Å²) in [6.45, 7) is 2.73. The molecule has 4 heteroatoms. The fourth-order valence-electron chi connectivity index (χ4n) is 2.25. The maximum atomic E-state index is 11.5. The summed E-state index contributed by atoms with van der Waals surface area (Å²) < 4.78 is 23.0. The molecule has 1 atom stereocenters. The number of hydrogen-bond donors (Lipinski definition) is 1. The molecule has 0 saturated heterocycles. The SMILES string of the molecule is CCNC(CS(C)(=O)=O)c1ccc2ccccc2c1. The molecule has 0 fully saturated rings. The number of fused-ring (bicyclic) bond motifs is 1. The third-order valence-corrected chi connectivity index (χ3v) is 4.03. The minimum absolute atomic E-state index is 0.124. The Balaban J connectivity index is 2.38. The molecule has 19 heavy (non-hydrogen) atoms. The van der Waals surface area contributed by atoms with E-state index in [0.717, 1.165) is 17.5 Å². The number of nitrogens with one attached hydrogen (secondary N) is 1. The lowest BCUT2D eigenvalue weighted by Crippen LogP contribution is -2.27. The van der Waals surface area contributed by atoms with E-state index in [4.69, 9.17) is 0 Å². The van der Waals surface area contributed by atoms with Crippen LogP contribution in [-0.2, 0) is 9.84 Å². The van der Waals surface area contributed by atoms with Crippen molar-refractivity contribution in [3.63, 3.8) is 0 Å². The average molecular weight is 277 g/mol. The first-order valence-corrected chi connectivity index (χ1v) is 8.45. The first kappa shape index (κ1) is 14.0. The van der Waals surface area contributed by atoms with Crippen LogP contribution in [0.5, 0.6) is 0 Å². The van der Waals surface area contributed by atoms with Gasteiger partial charge in [-0.2, -0.15) is 0 Å². The molecule has 2 aromatic rings. The van der Waals surface area contributed by atoms with Crippen molar-refractivity contribution in [3.05, 3.63) is 48.0 Å². The van der Waals surface area contributed by atoms with Gasteiger partial charge in [0.05, 0.1) is 5.75 Å². The molecule has 0 aliphatic heterocycles. The largest absolute Gasteiger partial charge is 0.309 e. The number of benzene rings is 2. The van der Waals surface area contributed by atoms with Gasteiger partial charge in [0.15, 0.2) is 0 Å². The van der Waals surface area contributed by atoms with E-state index in [1.807, 2.05) is 37.3 Å². The lowest BCUT2D eigenvalue weighted by molar-refractivity contribution is 0.563. The topological polar surface area (TPSA) is 46.2 Å². The van der Waals surface area contributed by atoms with Gasteiger partial charge in [-0.25, -0.2) is 8.42 Å². The molecule has 0 aliphatic carbocycles. The van der Waals surface area contributed by atoms with Gasteiger partial charge in [-0.1, -0.05) is 43.3 Å². The van der Waals surface area contributed by atoms with E-state index < -0.39 is 9.84 Å². The number of hydrogen-bond acceptors (Lipinski definition) is 3. The second kappa shape index (κ2) is 5.72. The molecule has 0 aromatic heterocycles. The fraction of sp³-hybridized carbons (Fsp3) is 0.333. The molecule has 0 heterocycles. The van der Waals surface area contributed by atoms with Crippen LogP contribution in [0.2, 0.25) is 0 Å². The van der Waals surface area contributed by atoms with Crippen LogP contribution in [0, 0.1) is 0 Å². The highest BCUT2D eigenvalue weighted by molar-refractivity contribution is 7.90. The molecule has 2 aromatic carbocycles. The summed E-state index contributed by atoms with van der Waals surface area (Å²) in [6.07, 6.45) is 1.28. The summed E-state index contributed by atoms with van der Waals surface area (Å²) in [5.74, 6) is 0.124. The Labute approximate surface area is 114 Å². The second-order valence-electron chi connectivity index (χ2n) is 4.81. The van der Waals surface area contributed by atoms with Crippen LogP contribution < -0.4 is 5.32 Å². The fourth-order valence-corrected chi connectivity index (χ4v) is 3.16. The highest BCUT2D eigenvalue weighted by Crippen LogP contribution is 2.21. The molecule has 0 radical (unpaired) electrons. The minimum Gasteiger partial charge on any atom is -0.309 e. The summed E-state index contributed by atoms with van der Waals surface area (Å²) in [7, 11) is -3.01. The molecular weight excluding hydrogens is 258 g/mol. The Kier molecular flexibility index (Phi) is 4.22. The van der Waals surface area contributed by atoms with Crippen molar-refractivity contribution in [1.29, 1.82) is 0 Å². The van der Waals surface area contributed by atoms with Crippen LogP contribution in [0.4, 0.5) is 0 Å². The second-order valence-corrected chi connectivity index (χ2v) is 6.99. The van der Waals surface area contributed by atoms with Crippen LogP contribution in [0.3, 0.4) is 0 Å². The Morgan fingerprint density at radius 2 is 1.79 bits per heavy atom. The van der Waals surface area contributed by atoms with Gasteiger partial charge in [0.25, 0.3) is 0 Å². The van der Waals surface area contributed by atoms with Gasteiger partial charge in [0.2, 0.25) is 0 Å². The van der Waals surface area contributed by atoms with Crippen molar-refractivity contribution in [3.8, 4) is 0 Å². The van der Waals surface area contributed by atoms with Crippen molar-refractivity contribution in [2.24, 2.45) is 0 Å². The molecule has 102 valence electrons. The highest BCUT2D eigenvalue weighted by Gasteiger charge is 2.16. The molecule has 0 spiro atoms. The lowest BCUT2D eigenvalue weighted by atomic mass is 10.0. The van der Waals surface area contributed by atoms with Crippen molar-refractivity contribution in [1.82, 2.24) is 5.32 Å². The predicted molar refractivity (Wildman–Crippen MR) is 80.1 cm³/mol. The molecule has 1 unspecified atom stereocenters. The van der Waals surface area contributed by atoms with Gasteiger partial charge in [-0.15, -0.1) is 0 Å². The zero-order chi connectivity index (χ0) is 13.9. The van der Waals surface area contributed by atoms with E-state index >= 15 is 0 Å². The Morgan fingerprint density at radius 3 is 2.42 bits per heavy atom. The molecule has 0 saturated carbocycles. The van der Waals surface area contributed by atoms with Crippen LogP contribution >= 0.6 is 0 Å². The molecule has 2 rings (SSSR count). The summed E-state index contributed by atoms with van der Waals surface area (Å²) in [5.41, 5.74) is 1.02. The van der Waals surface area contributed by atoms with Crippen LogP contribution in [0.25, 0.3) is 10.8 Å². The average Bonchev–Trinajstić information content (AvgIpc) is 2.36. The first-order chi connectivity index (χ1) is 8.99. The van der Waals surface area contributed by atoms with Crippen molar-refractivity contribution in [2.45, 2.75) is 13.0 Å². The molecule has 1 N–H and O–H groups in total. The zero-order valence-corrected chi connectivity index (χ0v) is 12.1. The van der Waals surface area contributed by atoms with Crippen molar-refractivity contribution >= 4 is 20.6 Å². The van der Waals surface area contributed by atoms with Crippen LogP contribution in [-0.4, -0.2) is 27.0 Å². The zero-order valence-electron chi connectivity index (χ0n) is 11.3. The minimum atomic E-state index is -3.01. The van der Waals surface area contributed by atoms with Gasteiger partial charge >= 0.3 is 0 Å². The smallest absolute Gasteiger partial charge is 0.149 e. The van der Waals surface area contributed by atoms with Crippen molar-refractivity contribution < 1.29 is 8.42 Å². The van der Waals surface area contributed by atoms with Gasteiger partial charge in [0.1, 0.15) is 9.84 Å². The molecule has 3 nitrogen and oxygen atoms in total. The molecule has 0 aliphatic rings. The molecule has 0 bridgehead atoms. The van der Waals surface area contributed by atoms with Crippen molar-refractivity contribution in [2.75, 3.05) is 18.6 Å². The summed E-state index contributed by atoms with van der Waals surface area (Å²) in [6, 6.07) is 14.0. The summed E-state index contributed by atoms with van der Waals surface area (Å²) in [4.78, 5) is 0. The Hall–Kier alpha value is -1.39. The van der Waals surface area contributed by atoms with E-state index in [-0.39, 0.29) is 11.8 Å². The van der Waals surface area contributed by atoms with E-state index in [0.29, 0.717) is 0 Å². The number of rotatable bonds is 5. The summed E-state index contributed by atoms with van der Waals surface area (Å²) in [5, 5.41) is 5.54. The number of sulfone groups is 1. The van der Waals surface area contributed by atoms with Gasteiger partial charge in [-0.05, 0) is 28.9 Å². The normalized spacial score (nSPS) is 13.6. The maximum Gasteiger partial charge on any atom is 0.149 e. The lowest BCUT2D eigenvalue weighted by Gasteiger charge is -2.18. The monoisotopic (exact) mass is 277 g/mol. The third kappa shape index (κ3) is 3.78. The Bertz CT molecular complexity index is 665. The maximum absolute atomic E-state index is 11.5. The Morgan fingerprint density at radius 1 is 1.11 bits per heavy atom. The molecule has 0 amide bonds. The first-order valence-electron chi connectivity index (χ1n) is 6.39. The summed E-state index contributed by atoms with van der Waals surface area (Å²) >= 11 is 0. The van der Waals surface area contributed by atoms with E-state index in [9.17, 15) is 8.42 Å². The quantitative estimate of drug-likeness (QED) is 0.913. The van der Waals surface area contributed by atoms with Gasteiger partial charge < -0.3 is 5.32 Å². The predicted octanol–water partition coefficient (Wildman–Crippen LogP) is 2.54. The van der Waals surface area contributed by atoms with E-state index in [2.05, 4.69) is 17.4 Å². The third-order valence-electron chi connectivity index (χ3n) is 3.10. The van der Waals surface area contributed by atoms with Gasteiger partial charge in [0, 0.05) is 12.3 Å². The van der Waals surface area contributed by atoms with E-state index in [1.165, 1.54) is 11.6 Å². The highest BCUT2D eigenvalue weighted by atomic mass is 32.2. The van der Waals surface area contributed by atoms with E-state index in [1.54, 1.807) is 0 Å². The van der Waals surface area contributed by atoms with Crippen LogP contribution in [0.15, 0.2) is 42.5 Å². The van der Waals surface area contributed by atoms with Crippen LogP contribution in [0.1, 0.15) is 18.5 Å².